The third kappa shape index (κ3) is 4.24. The van der Waals surface area contributed by atoms with Gasteiger partial charge in [-0.15, -0.1) is 22.7 Å². The number of carbonyl (C=O) groups excluding carboxylic acids is 2. The Morgan fingerprint density at radius 2 is 1.83 bits per heavy atom. The first-order chi connectivity index (χ1) is 11.2. The minimum absolute atomic E-state index is 0.0764. The molecule has 2 heterocycles. The van der Waals surface area contributed by atoms with Crippen LogP contribution in [0, 0.1) is 0 Å². The highest BCUT2D eigenvalue weighted by Crippen LogP contribution is 2.15. The molecule has 2 aromatic heterocycles. The molecule has 0 radical (unpaired) electrons. The van der Waals surface area contributed by atoms with E-state index in [1.807, 2.05) is 17.5 Å². The van der Waals surface area contributed by atoms with Crippen LogP contribution in [0.3, 0.4) is 0 Å². The molecular formula is C16H13N3O2S2. The lowest BCUT2D eigenvalue weighted by molar-refractivity contribution is -0.115. The van der Waals surface area contributed by atoms with Crippen molar-refractivity contribution in [2.75, 3.05) is 10.6 Å². The van der Waals surface area contributed by atoms with Crippen molar-refractivity contribution in [2.45, 2.75) is 6.42 Å². The number of hydrogen-bond acceptors (Lipinski definition) is 5. The Morgan fingerprint density at radius 3 is 2.48 bits per heavy atom. The molecule has 7 heteroatoms. The molecule has 0 aliphatic carbocycles. The van der Waals surface area contributed by atoms with Crippen LogP contribution in [0.15, 0.2) is 53.4 Å². The van der Waals surface area contributed by atoms with Crippen molar-refractivity contribution in [3.63, 3.8) is 0 Å². The van der Waals surface area contributed by atoms with E-state index in [0.717, 1.165) is 4.88 Å². The fraction of sp³-hybridized carbons (Fsp3) is 0.0625. The summed E-state index contributed by atoms with van der Waals surface area (Å²) in [4.78, 5) is 29.0. The zero-order chi connectivity index (χ0) is 16.1. The summed E-state index contributed by atoms with van der Waals surface area (Å²) in [6, 6.07) is 10.6. The molecular weight excluding hydrogens is 330 g/mol. The largest absolute Gasteiger partial charge is 0.326 e. The second kappa shape index (κ2) is 7.17. The number of rotatable bonds is 5. The van der Waals surface area contributed by atoms with E-state index in [-0.39, 0.29) is 11.8 Å². The van der Waals surface area contributed by atoms with Crippen molar-refractivity contribution in [3.05, 3.63) is 63.8 Å². The van der Waals surface area contributed by atoms with Gasteiger partial charge in [0.2, 0.25) is 5.91 Å². The Balaban J connectivity index is 1.58. The van der Waals surface area contributed by atoms with Crippen LogP contribution in [0.1, 0.15) is 15.2 Å². The van der Waals surface area contributed by atoms with Gasteiger partial charge in [-0.2, -0.15) is 0 Å². The number of thiazole rings is 1. The molecule has 3 rings (SSSR count). The van der Waals surface area contributed by atoms with Gasteiger partial charge in [-0.3, -0.25) is 14.9 Å². The molecule has 0 unspecified atom stereocenters. The molecule has 0 aliphatic heterocycles. The fourth-order valence-electron chi connectivity index (χ4n) is 1.94. The summed E-state index contributed by atoms with van der Waals surface area (Å²) in [7, 11) is 0. The molecule has 0 aliphatic rings. The normalized spacial score (nSPS) is 10.3. The average molecular weight is 343 g/mol. The van der Waals surface area contributed by atoms with Crippen molar-refractivity contribution in [1.82, 2.24) is 4.98 Å². The number of benzene rings is 1. The molecule has 0 atom stereocenters. The van der Waals surface area contributed by atoms with E-state index in [4.69, 9.17) is 0 Å². The molecule has 0 spiro atoms. The maximum atomic E-state index is 12.0. The molecule has 0 saturated carbocycles. The van der Waals surface area contributed by atoms with Gasteiger partial charge in [0.25, 0.3) is 5.91 Å². The lowest BCUT2D eigenvalue weighted by atomic mass is 10.2. The molecule has 2 amide bonds. The Hall–Kier alpha value is -2.51. The van der Waals surface area contributed by atoms with Gasteiger partial charge in [-0.1, -0.05) is 6.07 Å². The molecule has 0 saturated heterocycles. The Kier molecular flexibility index (Phi) is 4.80. The van der Waals surface area contributed by atoms with E-state index in [0.29, 0.717) is 22.8 Å². The molecule has 116 valence electrons. The summed E-state index contributed by atoms with van der Waals surface area (Å²) >= 11 is 2.91. The zero-order valence-corrected chi connectivity index (χ0v) is 13.6. The number of thiophene rings is 1. The van der Waals surface area contributed by atoms with Crippen LogP contribution in [0.5, 0.6) is 0 Å². The Labute approximate surface area is 141 Å². The number of amides is 2. The number of aromatic nitrogens is 1. The highest BCUT2D eigenvalue weighted by Gasteiger charge is 2.09. The van der Waals surface area contributed by atoms with Crippen molar-refractivity contribution in [3.8, 4) is 0 Å². The Morgan fingerprint density at radius 1 is 1.00 bits per heavy atom. The maximum Gasteiger partial charge on any atom is 0.257 e. The number of hydrogen-bond donors (Lipinski definition) is 2. The highest BCUT2D eigenvalue weighted by atomic mass is 32.1. The predicted molar refractivity (Wildman–Crippen MR) is 93.2 cm³/mol. The van der Waals surface area contributed by atoms with Crippen LogP contribution in [0.4, 0.5) is 10.8 Å². The smallest absolute Gasteiger partial charge is 0.257 e. The van der Waals surface area contributed by atoms with Gasteiger partial charge in [0.15, 0.2) is 5.13 Å². The minimum atomic E-state index is -0.226. The van der Waals surface area contributed by atoms with E-state index in [1.54, 1.807) is 47.2 Å². The van der Waals surface area contributed by atoms with Crippen LogP contribution < -0.4 is 10.6 Å². The number of carbonyl (C=O) groups is 2. The van der Waals surface area contributed by atoms with Crippen LogP contribution in [-0.2, 0) is 11.2 Å². The summed E-state index contributed by atoms with van der Waals surface area (Å²) in [6.45, 7) is 0. The van der Waals surface area contributed by atoms with E-state index >= 15 is 0 Å². The first-order valence-corrected chi connectivity index (χ1v) is 8.60. The summed E-state index contributed by atoms with van der Waals surface area (Å²) in [5.74, 6) is -0.302. The second-order valence-corrected chi connectivity index (χ2v) is 6.60. The summed E-state index contributed by atoms with van der Waals surface area (Å²) in [5, 5.41) is 9.82. The number of nitrogens with one attached hydrogen (secondary N) is 2. The van der Waals surface area contributed by atoms with Gasteiger partial charge in [0, 0.05) is 27.7 Å². The molecule has 1 aromatic carbocycles. The maximum absolute atomic E-state index is 12.0. The van der Waals surface area contributed by atoms with E-state index in [1.165, 1.54) is 11.3 Å². The first kappa shape index (κ1) is 15.4. The van der Waals surface area contributed by atoms with Crippen LogP contribution >= 0.6 is 22.7 Å². The number of anilines is 2. The van der Waals surface area contributed by atoms with Crippen molar-refractivity contribution in [2.24, 2.45) is 0 Å². The van der Waals surface area contributed by atoms with Crippen LogP contribution in [-0.4, -0.2) is 16.8 Å². The van der Waals surface area contributed by atoms with Crippen molar-refractivity contribution >= 4 is 45.3 Å². The van der Waals surface area contributed by atoms with Gasteiger partial charge in [-0.05, 0) is 35.7 Å². The lowest BCUT2D eigenvalue weighted by Gasteiger charge is -2.06. The molecule has 2 N–H and O–H groups in total. The summed E-state index contributed by atoms with van der Waals surface area (Å²) in [5.41, 5.74) is 1.17. The first-order valence-electron chi connectivity index (χ1n) is 6.84. The Bertz CT molecular complexity index is 781. The average Bonchev–Trinajstić information content (AvgIpc) is 3.21. The van der Waals surface area contributed by atoms with Crippen molar-refractivity contribution in [1.29, 1.82) is 0 Å². The molecule has 5 nitrogen and oxygen atoms in total. The third-order valence-electron chi connectivity index (χ3n) is 3.00. The van der Waals surface area contributed by atoms with Gasteiger partial charge in [-0.25, -0.2) is 4.98 Å². The lowest BCUT2D eigenvalue weighted by Crippen LogP contribution is -2.14. The van der Waals surface area contributed by atoms with Crippen LogP contribution in [0.2, 0.25) is 0 Å². The van der Waals surface area contributed by atoms with Gasteiger partial charge in [0.05, 0.1) is 6.42 Å². The van der Waals surface area contributed by atoms with Gasteiger partial charge >= 0.3 is 0 Å². The van der Waals surface area contributed by atoms with E-state index < -0.39 is 0 Å². The molecule has 0 fully saturated rings. The monoisotopic (exact) mass is 343 g/mol. The molecule has 0 bridgehead atoms. The van der Waals surface area contributed by atoms with Crippen molar-refractivity contribution < 1.29 is 9.59 Å². The quantitative estimate of drug-likeness (QED) is 0.743. The van der Waals surface area contributed by atoms with E-state index in [2.05, 4.69) is 15.6 Å². The summed E-state index contributed by atoms with van der Waals surface area (Å²) in [6.07, 6.45) is 1.98. The summed E-state index contributed by atoms with van der Waals surface area (Å²) < 4.78 is 0. The van der Waals surface area contributed by atoms with Gasteiger partial charge in [0.1, 0.15) is 0 Å². The molecule has 23 heavy (non-hydrogen) atoms. The standard InChI is InChI=1S/C16H13N3O2S2/c20-14(10-13-2-1-8-22-13)18-12-5-3-11(4-6-12)15(21)19-16-17-7-9-23-16/h1-9H,10H2,(H,18,20)(H,17,19,21). The van der Waals surface area contributed by atoms with E-state index in [9.17, 15) is 9.59 Å². The predicted octanol–water partition coefficient (Wildman–Crippen LogP) is 3.64. The molecule has 3 aromatic rings. The second-order valence-electron chi connectivity index (χ2n) is 4.67. The topological polar surface area (TPSA) is 71.1 Å². The highest BCUT2D eigenvalue weighted by molar-refractivity contribution is 7.13. The number of nitrogens with zero attached hydrogens (tertiary/aromatic N) is 1. The minimum Gasteiger partial charge on any atom is -0.326 e. The zero-order valence-electron chi connectivity index (χ0n) is 12.0. The van der Waals surface area contributed by atoms with Crippen LogP contribution in [0.25, 0.3) is 0 Å². The SMILES string of the molecule is O=C(Cc1cccs1)Nc1ccc(C(=O)Nc2nccs2)cc1. The van der Waals surface area contributed by atoms with Gasteiger partial charge < -0.3 is 5.32 Å². The third-order valence-corrected chi connectivity index (χ3v) is 4.56. The fourth-order valence-corrected chi connectivity index (χ4v) is 3.16.